The first kappa shape index (κ1) is 15.5. The molecule has 1 atom stereocenters. The number of rotatable bonds is 6. The van der Waals surface area contributed by atoms with Crippen LogP contribution in [0.5, 0.6) is 0 Å². The fourth-order valence-electron chi connectivity index (χ4n) is 1.48. The third-order valence-corrected chi connectivity index (χ3v) is 4.71. The molecule has 0 saturated carbocycles. The summed E-state index contributed by atoms with van der Waals surface area (Å²) in [4.78, 5) is 0.224. The van der Waals surface area contributed by atoms with E-state index in [4.69, 9.17) is 0 Å². The molecule has 0 aliphatic heterocycles. The molecule has 4 nitrogen and oxygen atoms in total. The molecule has 0 fully saturated rings. The predicted octanol–water partition coefficient (Wildman–Crippen LogP) is 1.39. The van der Waals surface area contributed by atoms with E-state index >= 15 is 0 Å². The second-order valence-electron chi connectivity index (χ2n) is 4.57. The molecule has 1 unspecified atom stereocenters. The number of benzene rings is 1. The van der Waals surface area contributed by atoms with Crippen LogP contribution in [-0.4, -0.2) is 37.7 Å². The van der Waals surface area contributed by atoms with Gasteiger partial charge in [-0.1, -0.05) is 12.1 Å². The average Bonchev–Trinajstić information content (AvgIpc) is 2.27. The van der Waals surface area contributed by atoms with Crippen molar-refractivity contribution in [2.45, 2.75) is 24.3 Å². The minimum Gasteiger partial charge on any atom is -0.388 e. The topological polar surface area (TPSA) is 66.4 Å². The van der Waals surface area contributed by atoms with Crippen LogP contribution in [0.3, 0.4) is 0 Å². The molecule has 0 radical (unpaired) electrons. The van der Waals surface area contributed by atoms with Crippen LogP contribution in [0.25, 0.3) is 0 Å². The summed E-state index contributed by atoms with van der Waals surface area (Å²) in [5.41, 5.74) is -0.162. The van der Waals surface area contributed by atoms with E-state index in [1.165, 1.54) is 11.8 Å². The van der Waals surface area contributed by atoms with Gasteiger partial charge in [0.1, 0.15) is 0 Å². The van der Waals surface area contributed by atoms with Crippen molar-refractivity contribution >= 4 is 21.8 Å². The van der Waals surface area contributed by atoms with Crippen molar-refractivity contribution < 1.29 is 13.5 Å². The van der Waals surface area contributed by atoms with Crippen molar-refractivity contribution in [3.05, 3.63) is 29.8 Å². The number of sulfonamides is 1. The number of hydrogen-bond acceptors (Lipinski definition) is 4. The number of aryl methyl sites for hydroxylation is 1. The number of hydrogen-bond donors (Lipinski definition) is 2. The van der Waals surface area contributed by atoms with Crippen molar-refractivity contribution in [1.82, 2.24) is 4.72 Å². The molecular weight excluding hydrogens is 270 g/mol. The Bertz CT molecular complexity index is 498. The van der Waals surface area contributed by atoms with Crippen LogP contribution in [0.1, 0.15) is 12.5 Å². The highest BCUT2D eigenvalue weighted by Gasteiger charge is 2.23. The summed E-state index contributed by atoms with van der Waals surface area (Å²) < 4.78 is 26.4. The molecule has 0 aliphatic rings. The molecule has 102 valence electrons. The average molecular weight is 289 g/mol. The molecule has 18 heavy (non-hydrogen) atoms. The fourth-order valence-corrected chi connectivity index (χ4v) is 3.47. The minimum atomic E-state index is -3.55. The summed E-state index contributed by atoms with van der Waals surface area (Å²) >= 11 is 1.47. The standard InChI is InChI=1S/C12H19NO3S2/c1-10-5-4-6-11(7-10)18(15,16)13-8-12(2,14)9-17-3/h4-7,13-14H,8-9H2,1-3H3. The number of thioether (sulfide) groups is 1. The second-order valence-corrected chi connectivity index (χ2v) is 7.20. The van der Waals surface area contributed by atoms with Crippen molar-refractivity contribution in [2.75, 3.05) is 18.6 Å². The lowest BCUT2D eigenvalue weighted by molar-refractivity contribution is 0.0908. The van der Waals surface area contributed by atoms with Crippen LogP contribution >= 0.6 is 11.8 Å². The van der Waals surface area contributed by atoms with Gasteiger partial charge in [0.2, 0.25) is 10.0 Å². The van der Waals surface area contributed by atoms with Crippen molar-refractivity contribution in [1.29, 1.82) is 0 Å². The maximum absolute atomic E-state index is 12.0. The summed E-state index contributed by atoms with van der Waals surface area (Å²) in [6.07, 6.45) is 1.86. The molecule has 0 bridgehead atoms. The van der Waals surface area contributed by atoms with E-state index in [2.05, 4.69) is 4.72 Å². The van der Waals surface area contributed by atoms with Crippen LogP contribution in [-0.2, 0) is 10.0 Å². The van der Waals surface area contributed by atoms with Crippen molar-refractivity contribution in [3.8, 4) is 0 Å². The molecule has 1 rings (SSSR count). The lowest BCUT2D eigenvalue weighted by atomic mass is 10.1. The third-order valence-electron chi connectivity index (χ3n) is 2.40. The molecule has 6 heteroatoms. The number of aliphatic hydroxyl groups is 1. The van der Waals surface area contributed by atoms with Crippen molar-refractivity contribution in [3.63, 3.8) is 0 Å². The Hall–Kier alpha value is -0.560. The van der Waals surface area contributed by atoms with Gasteiger partial charge in [0, 0.05) is 12.3 Å². The highest BCUT2D eigenvalue weighted by Crippen LogP contribution is 2.13. The SMILES string of the molecule is CSCC(C)(O)CNS(=O)(=O)c1cccc(C)c1. The van der Waals surface area contributed by atoms with Crippen LogP contribution in [0, 0.1) is 6.92 Å². The lowest BCUT2D eigenvalue weighted by Crippen LogP contribution is -2.42. The summed E-state index contributed by atoms with van der Waals surface area (Å²) in [6, 6.07) is 6.68. The Balaban J connectivity index is 2.78. The molecular formula is C12H19NO3S2. The summed E-state index contributed by atoms with van der Waals surface area (Å²) in [7, 11) is -3.55. The first-order valence-corrected chi connectivity index (χ1v) is 8.42. The molecule has 0 spiro atoms. The Morgan fingerprint density at radius 2 is 2.11 bits per heavy atom. The molecule has 0 amide bonds. The quantitative estimate of drug-likeness (QED) is 0.830. The van der Waals surface area contributed by atoms with Gasteiger partial charge in [-0.2, -0.15) is 11.8 Å². The van der Waals surface area contributed by atoms with Gasteiger partial charge in [0.05, 0.1) is 10.5 Å². The molecule has 1 aromatic rings. The maximum atomic E-state index is 12.0. The molecule has 0 heterocycles. The van der Waals surface area contributed by atoms with E-state index < -0.39 is 15.6 Å². The van der Waals surface area contributed by atoms with Crippen molar-refractivity contribution in [2.24, 2.45) is 0 Å². The lowest BCUT2D eigenvalue weighted by Gasteiger charge is -2.22. The van der Waals surface area contributed by atoms with Gasteiger partial charge < -0.3 is 5.11 Å². The van der Waals surface area contributed by atoms with E-state index in [1.807, 2.05) is 19.2 Å². The maximum Gasteiger partial charge on any atom is 0.240 e. The van der Waals surface area contributed by atoms with Gasteiger partial charge in [-0.15, -0.1) is 0 Å². The van der Waals surface area contributed by atoms with E-state index in [0.29, 0.717) is 5.75 Å². The van der Waals surface area contributed by atoms with Gasteiger partial charge in [-0.25, -0.2) is 13.1 Å². The zero-order valence-corrected chi connectivity index (χ0v) is 12.4. The molecule has 0 saturated heterocycles. The molecule has 0 aromatic heterocycles. The van der Waals surface area contributed by atoms with E-state index in [-0.39, 0.29) is 11.4 Å². The smallest absolute Gasteiger partial charge is 0.240 e. The highest BCUT2D eigenvalue weighted by atomic mass is 32.2. The first-order valence-electron chi connectivity index (χ1n) is 5.54. The largest absolute Gasteiger partial charge is 0.388 e. The first-order chi connectivity index (χ1) is 8.27. The van der Waals surface area contributed by atoms with E-state index in [0.717, 1.165) is 5.56 Å². The zero-order valence-electron chi connectivity index (χ0n) is 10.8. The normalized spacial score (nSPS) is 15.3. The predicted molar refractivity (Wildman–Crippen MR) is 75.4 cm³/mol. The van der Waals surface area contributed by atoms with Crippen LogP contribution < -0.4 is 4.72 Å². The van der Waals surface area contributed by atoms with Crippen LogP contribution in [0.2, 0.25) is 0 Å². The Morgan fingerprint density at radius 1 is 1.44 bits per heavy atom. The van der Waals surface area contributed by atoms with Crippen LogP contribution in [0.15, 0.2) is 29.2 Å². The Morgan fingerprint density at radius 3 is 2.67 bits per heavy atom. The van der Waals surface area contributed by atoms with Gasteiger partial charge in [-0.3, -0.25) is 0 Å². The van der Waals surface area contributed by atoms with Crippen LogP contribution in [0.4, 0.5) is 0 Å². The summed E-state index contributed by atoms with van der Waals surface area (Å²) in [6.45, 7) is 3.45. The summed E-state index contributed by atoms with van der Waals surface area (Å²) in [5.74, 6) is 0.476. The van der Waals surface area contributed by atoms with Gasteiger partial charge >= 0.3 is 0 Å². The van der Waals surface area contributed by atoms with Gasteiger partial charge in [0.15, 0.2) is 0 Å². The number of nitrogens with one attached hydrogen (secondary N) is 1. The Kier molecular flexibility index (Phi) is 5.21. The molecule has 0 aliphatic carbocycles. The van der Waals surface area contributed by atoms with Gasteiger partial charge in [-0.05, 0) is 37.8 Å². The summed E-state index contributed by atoms with van der Waals surface area (Å²) in [5, 5.41) is 9.93. The second kappa shape index (κ2) is 6.06. The monoisotopic (exact) mass is 289 g/mol. The minimum absolute atomic E-state index is 0.00408. The van der Waals surface area contributed by atoms with E-state index in [9.17, 15) is 13.5 Å². The molecule has 1 aromatic carbocycles. The Labute approximate surface area is 113 Å². The zero-order chi connectivity index (χ0) is 13.8. The van der Waals surface area contributed by atoms with Gasteiger partial charge in [0.25, 0.3) is 0 Å². The third kappa shape index (κ3) is 4.61. The highest BCUT2D eigenvalue weighted by molar-refractivity contribution is 7.98. The van der Waals surface area contributed by atoms with E-state index in [1.54, 1.807) is 25.1 Å². The fraction of sp³-hybridized carbons (Fsp3) is 0.500. The molecule has 2 N–H and O–H groups in total.